The van der Waals surface area contributed by atoms with Gasteiger partial charge in [-0.15, -0.1) is 0 Å². The molecule has 0 aliphatic rings. The largest absolute Gasteiger partial charge is 0.309 e. The topological polar surface area (TPSA) is 61.4 Å². The molecular formula is C70H48N6. The predicted molar refractivity (Wildman–Crippen MR) is 314 cm³/mol. The molecule has 14 rings (SSSR count). The lowest BCUT2D eigenvalue weighted by molar-refractivity contribution is 1.07. The molecule has 0 aliphatic carbocycles. The van der Waals surface area contributed by atoms with E-state index >= 15 is 0 Å². The van der Waals surface area contributed by atoms with Gasteiger partial charge in [0, 0.05) is 67.3 Å². The highest BCUT2D eigenvalue weighted by atomic mass is 15.0. The van der Waals surface area contributed by atoms with E-state index in [0.29, 0.717) is 17.5 Å². The molecule has 14 aromatic rings. The molecule has 76 heavy (non-hydrogen) atoms. The molecule has 6 nitrogen and oxygen atoms in total. The van der Waals surface area contributed by atoms with Gasteiger partial charge in [-0.05, 0) is 96.3 Å². The Hall–Kier alpha value is -10.0. The fraction of sp³-hybridized carbons (Fsp3) is 0.0286. The van der Waals surface area contributed by atoms with Crippen molar-refractivity contribution in [2.75, 3.05) is 0 Å². The van der Waals surface area contributed by atoms with Gasteiger partial charge in [0.1, 0.15) is 0 Å². The zero-order valence-corrected chi connectivity index (χ0v) is 41.9. The van der Waals surface area contributed by atoms with Gasteiger partial charge in [0.05, 0.1) is 33.4 Å². The molecule has 0 bridgehead atoms. The molecule has 4 aromatic heterocycles. The number of pyridine rings is 1. The summed E-state index contributed by atoms with van der Waals surface area (Å²) in [5, 5.41) is 4.71. The number of hydrogen-bond donors (Lipinski definition) is 0. The Morgan fingerprint density at radius 1 is 0.276 bits per heavy atom. The van der Waals surface area contributed by atoms with E-state index in [1.807, 2.05) is 54.9 Å². The number of hydrogen-bond acceptors (Lipinski definition) is 4. The SMILES string of the molecule is Cc1ccc(-c2ccc3c(c2)c2ccccc2n3-c2cc(-c3cccnc3)ccc2-c2ccc(-c3nc(-c4ccccc4)nc(-c4ccccc4)n3)cc2-n2c3ccccc3c3cc(-c4ccc(C)cc4)ccc32)cc1. The summed E-state index contributed by atoms with van der Waals surface area (Å²) in [4.78, 5) is 20.2. The van der Waals surface area contributed by atoms with Crippen molar-refractivity contribution in [1.82, 2.24) is 29.1 Å². The summed E-state index contributed by atoms with van der Waals surface area (Å²) in [5.41, 5.74) is 20.6. The molecule has 0 fully saturated rings. The second kappa shape index (κ2) is 18.5. The van der Waals surface area contributed by atoms with E-state index < -0.39 is 0 Å². The van der Waals surface area contributed by atoms with Crippen molar-refractivity contribution in [3.05, 3.63) is 266 Å². The third-order valence-electron chi connectivity index (χ3n) is 14.8. The number of aryl methyl sites for hydroxylation is 2. The number of fused-ring (bicyclic) bond motifs is 6. The lowest BCUT2D eigenvalue weighted by Crippen LogP contribution is -2.04. The molecule has 4 heterocycles. The van der Waals surface area contributed by atoms with E-state index in [9.17, 15) is 0 Å². The Bertz CT molecular complexity index is 4440. The third kappa shape index (κ3) is 7.83. The standard InChI is InChI=1S/C70H48N6/c1-45-23-27-47(28-24-45)51-33-37-64-60(40-51)56-19-9-11-21-62(56)75(64)66-42-53(55-18-13-39-71-44-55)31-35-58(66)59-36-32-54(70-73-68(49-14-5-3-6-15-49)72-69(74-70)50-16-7-4-8-17-50)43-67(59)76-63-22-12-10-20-57(63)61-41-52(34-38-65(61)76)48-29-25-46(2)26-30-48/h3-44H,1-2H3. The molecule has 0 unspecified atom stereocenters. The van der Waals surface area contributed by atoms with Gasteiger partial charge in [0.25, 0.3) is 0 Å². The number of benzene rings is 10. The lowest BCUT2D eigenvalue weighted by Gasteiger charge is -2.20. The minimum absolute atomic E-state index is 0.585. The summed E-state index contributed by atoms with van der Waals surface area (Å²) in [5.74, 6) is 1.81. The maximum atomic E-state index is 5.26. The van der Waals surface area contributed by atoms with Gasteiger partial charge < -0.3 is 9.13 Å². The fourth-order valence-electron chi connectivity index (χ4n) is 11.0. The first-order valence-electron chi connectivity index (χ1n) is 25.8. The van der Waals surface area contributed by atoms with Crippen LogP contribution in [0.1, 0.15) is 11.1 Å². The maximum Gasteiger partial charge on any atom is 0.164 e. The van der Waals surface area contributed by atoms with E-state index in [1.54, 1.807) is 0 Å². The Morgan fingerprint density at radius 2 is 0.658 bits per heavy atom. The van der Waals surface area contributed by atoms with Gasteiger partial charge in [-0.1, -0.05) is 199 Å². The number of nitrogens with zero attached hydrogens (tertiary/aromatic N) is 6. The normalized spacial score (nSPS) is 11.6. The van der Waals surface area contributed by atoms with Crippen LogP contribution >= 0.6 is 0 Å². The van der Waals surface area contributed by atoms with Crippen LogP contribution < -0.4 is 0 Å². The monoisotopic (exact) mass is 972 g/mol. The lowest BCUT2D eigenvalue weighted by atomic mass is 9.95. The second-order valence-electron chi connectivity index (χ2n) is 19.6. The van der Waals surface area contributed by atoms with Crippen molar-refractivity contribution in [2.24, 2.45) is 0 Å². The Kier molecular flexibility index (Phi) is 10.8. The Morgan fingerprint density at radius 3 is 1.14 bits per heavy atom. The van der Waals surface area contributed by atoms with Gasteiger partial charge in [-0.25, -0.2) is 15.0 Å². The minimum Gasteiger partial charge on any atom is -0.309 e. The van der Waals surface area contributed by atoms with E-state index in [-0.39, 0.29) is 0 Å². The summed E-state index contributed by atoms with van der Waals surface area (Å²) < 4.78 is 4.90. The van der Waals surface area contributed by atoms with Crippen LogP contribution in [0, 0.1) is 13.8 Å². The van der Waals surface area contributed by atoms with E-state index in [4.69, 9.17) is 15.0 Å². The fourth-order valence-corrected chi connectivity index (χ4v) is 11.0. The van der Waals surface area contributed by atoms with Crippen LogP contribution in [0.2, 0.25) is 0 Å². The molecule has 6 heteroatoms. The average molecular weight is 973 g/mol. The highest BCUT2D eigenvalue weighted by molar-refractivity contribution is 6.13. The van der Waals surface area contributed by atoms with Crippen LogP contribution in [-0.4, -0.2) is 29.1 Å². The van der Waals surface area contributed by atoms with E-state index in [0.717, 1.165) is 72.4 Å². The molecule has 0 atom stereocenters. The number of para-hydroxylation sites is 2. The maximum absolute atomic E-state index is 5.26. The van der Waals surface area contributed by atoms with E-state index in [2.05, 4.69) is 228 Å². The molecule has 358 valence electrons. The van der Waals surface area contributed by atoms with Crippen LogP contribution in [0.3, 0.4) is 0 Å². The highest BCUT2D eigenvalue weighted by Gasteiger charge is 2.24. The Balaban J connectivity index is 1.06. The molecule has 10 aromatic carbocycles. The summed E-state index contributed by atoms with van der Waals surface area (Å²) in [7, 11) is 0. The first-order chi connectivity index (χ1) is 37.5. The zero-order valence-electron chi connectivity index (χ0n) is 41.9. The smallest absolute Gasteiger partial charge is 0.164 e. The summed E-state index contributed by atoms with van der Waals surface area (Å²) in [6.45, 7) is 4.27. The van der Waals surface area contributed by atoms with Crippen LogP contribution in [0.4, 0.5) is 0 Å². The van der Waals surface area contributed by atoms with Crippen LogP contribution in [0.15, 0.2) is 255 Å². The molecule has 0 aliphatic heterocycles. The predicted octanol–water partition coefficient (Wildman–Crippen LogP) is 17.7. The van der Waals surface area contributed by atoms with Gasteiger partial charge in [-0.3, -0.25) is 4.98 Å². The molecule has 0 amide bonds. The summed E-state index contributed by atoms with van der Waals surface area (Å²) in [6.07, 6.45) is 3.78. The highest BCUT2D eigenvalue weighted by Crippen LogP contribution is 2.44. The molecule has 0 N–H and O–H groups in total. The first-order valence-corrected chi connectivity index (χ1v) is 25.8. The Labute approximate surface area is 440 Å². The molecule has 0 radical (unpaired) electrons. The first kappa shape index (κ1) is 44.6. The average Bonchev–Trinajstić information content (AvgIpc) is 4.01. The van der Waals surface area contributed by atoms with Crippen molar-refractivity contribution >= 4 is 43.6 Å². The minimum atomic E-state index is 0.585. The van der Waals surface area contributed by atoms with E-state index in [1.165, 1.54) is 54.9 Å². The van der Waals surface area contributed by atoms with Crippen molar-refractivity contribution in [3.63, 3.8) is 0 Å². The molecule has 0 saturated heterocycles. The molecular weight excluding hydrogens is 925 g/mol. The van der Waals surface area contributed by atoms with Gasteiger partial charge >= 0.3 is 0 Å². The van der Waals surface area contributed by atoms with Crippen LogP contribution in [0.25, 0.3) is 134 Å². The number of rotatable bonds is 9. The van der Waals surface area contributed by atoms with Crippen LogP contribution in [-0.2, 0) is 0 Å². The van der Waals surface area contributed by atoms with Crippen molar-refractivity contribution in [2.45, 2.75) is 13.8 Å². The summed E-state index contributed by atoms with van der Waals surface area (Å²) in [6, 6.07) is 87.1. The quantitative estimate of drug-likeness (QED) is 0.145. The van der Waals surface area contributed by atoms with Crippen LogP contribution in [0.5, 0.6) is 0 Å². The van der Waals surface area contributed by atoms with Crippen molar-refractivity contribution in [3.8, 4) is 90.0 Å². The summed E-state index contributed by atoms with van der Waals surface area (Å²) >= 11 is 0. The molecule has 0 spiro atoms. The van der Waals surface area contributed by atoms with Crippen molar-refractivity contribution in [1.29, 1.82) is 0 Å². The molecule has 0 saturated carbocycles. The van der Waals surface area contributed by atoms with Gasteiger partial charge in [0.15, 0.2) is 17.5 Å². The number of aromatic nitrogens is 6. The van der Waals surface area contributed by atoms with Gasteiger partial charge in [0.2, 0.25) is 0 Å². The second-order valence-corrected chi connectivity index (χ2v) is 19.6. The third-order valence-corrected chi connectivity index (χ3v) is 14.8. The van der Waals surface area contributed by atoms with Gasteiger partial charge in [-0.2, -0.15) is 0 Å². The zero-order chi connectivity index (χ0) is 50.7. The van der Waals surface area contributed by atoms with Crippen molar-refractivity contribution < 1.29 is 0 Å².